The van der Waals surface area contributed by atoms with Gasteiger partial charge in [-0.25, -0.2) is 0 Å². The van der Waals surface area contributed by atoms with Crippen LogP contribution < -0.4 is 5.32 Å². The minimum Gasteiger partial charge on any atom is -0.325 e. The van der Waals surface area contributed by atoms with Gasteiger partial charge in [-0.2, -0.15) is 0 Å². The molecule has 27 heavy (non-hydrogen) atoms. The minimum absolute atomic E-state index is 0.0324. The zero-order valence-corrected chi connectivity index (χ0v) is 15.7. The molecule has 10 heteroatoms. The number of nitrogens with one attached hydrogen (secondary N) is 1. The van der Waals surface area contributed by atoms with Crippen molar-refractivity contribution in [2.24, 2.45) is 7.05 Å². The molecular formula is C17H14ClN5O3S. The summed E-state index contributed by atoms with van der Waals surface area (Å²) in [6.45, 7) is 0. The number of nitro groups is 1. The van der Waals surface area contributed by atoms with Crippen LogP contribution in [0, 0.1) is 10.1 Å². The van der Waals surface area contributed by atoms with Gasteiger partial charge in [-0.1, -0.05) is 35.5 Å². The molecule has 1 heterocycles. The van der Waals surface area contributed by atoms with Gasteiger partial charge in [0.2, 0.25) is 5.91 Å². The van der Waals surface area contributed by atoms with Crippen molar-refractivity contribution in [1.82, 2.24) is 14.8 Å². The Balaban J connectivity index is 1.61. The van der Waals surface area contributed by atoms with E-state index in [0.29, 0.717) is 21.7 Å². The molecule has 1 aromatic heterocycles. The molecule has 1 N–H and O–H groups in total. The topological polar surface area (TPSA) is 103 Å². The van der Waals surface area contributed by atoms with Gasteiger partial charge in [0.25, 0.3) is 5.69 Å². The van der Waals surface area contributed by atoms with Gasteiger partial charge in [0.1, 0.15) is 0 Å². The molecule has 0 saturated heterocycles. The van der Waals surface area contributed by atoms with Crippen LogP contribution in [0.4, 0.5) is 11.4 Å². The zero-order chi connectivity index (χ0) is 19.4. The van der Waals surface area contributed by atoms with Crippen LogP contribution >= 0.6 is 23.4 Å². The van der Waals surface area contributed by atoms with E-state index in [4.69, 9.17) is 11.6 Å². The summed E-state index contributed by atoms with van der Waals surface area (Å²) in [7, 11) is 1.81. The fraction of sp³-hybridized carbons (Fsp3) is 0.118. The molecule has 3 aromatic rings. The number of thioether (sulfide) groups is 1. The Bertz CT molecular complexity index is 990. The molecule has 0 bridgehead atoms. The summed E-state index contributed by atoms with van der Waals surface area (Å²) in [5.41, 5.74) is 1.29. The first-order valence-corrected chi connectivity index (χ1v) is 9.13. The van der Waals surface area contributed by atoms with Gasteiger partial charge in [0, 0.05) is 35.5 Å². The summed E-state index contributed by atoms with van der Waals surface area (Å²) in [6, 6.07) is 12.9. The molecule has 3 rings (SSSR count). The Kier molecular flexibility index (Phi) is 5.72. The van der Waals surface area contributed by atoms with Crippen molar-refractivity contribution in [1.29, 1.82) is 0 Å². The standard InChI is InChI=1S/C17H14ClN5O3S/c1-22-16(11-3-2-4-12(18)9-11)20-21-17(22)27-10-15(24)19-13-5-7-14(8-6-13)23(25)26/h2-9H,10H2,1H3,(H,19,24). The second-order valence-electron chi connectivity index (χ2n) is 5.52. The second-order valence-corrected chi connectivity index (χ2v) is 6.90. The second kappa shape index (κ2) is 8.19. The average Bonchev–Trinajstić information content (AvgIpc) is 3.01. The van der Waals surface area contributed by atoms with Crippen LogP contribution in [0.1, 0.15) is 0 Å². The van der Waals surface area contributed by atoms with E-state index in [0.717, 1.165) is 5.56 Å². The average molecular weight is 404 g/mol. The number of hydrogen-bond acceptors (Lipinski definition) is 6. The first-order valence-electron chi connectivity index (χ1n) is 7.76. The van der Waals surface area contributed by atoms with Gasteiger partial charge in [0.05, 0.1) is 10.7 Å². The third kappa shape index (κ3) is 4.63. The van der Waals surface area contributed by atoms with Crippen LogP contribution in [0.25, 0.3) is 11.4 Å². The van der Waals surface area contributed by atoms with Crippen LogP contribution in [-0.2, 0) is 11.8 Å². The van der Waals surface area contributed by atoms with E-state index in [1.807, 2.05) is 19.2 Å². The highest BCUT2D eigenvalue weighted by atomic mass is 35.5. The zero-order valence-electron chi connectivity index (χ0n) is 14.1. The highest BCUT2D eigenvalue weighted by molar-refractivity contribution is 7.99. The van der Waals surface area contributed by atoms with Gasteiger partial charge in [0.15, 0.2) is 11.0 Å². The molecular weight excluding hydrogens is 390 g/mol. The maximum Gasteiger partial charge on any atom is 0.269 e. The lowest BCUT2D eigenvalue weighted by molar-refractivity contribution is -0.384. The molecule has 0 fully saturated rings. The number of aromatic nitrogens is 3. The molecule has 2 aromatic carbocycles. The predicted octanol–water partition coefficient (Wildman–Crippen LogP) is 3.77. The first-order chi connectivity index (χ1) is 12.9. The Morgan fingerprint density at radius 2 is 2.00 bits per heavy atom. The molecule has 0 unspecified atom stereocenters. The van der Waals surface area contributed by atoms with Crippen LogP contribution in [-0.4, -0.2) is 31.3 Å². The Morgan fingerprint density at radius 3 is 2.67 bits per heavy atom. The molecule has 0 atom stereocenters. The number of carbonyl (C=O) groups excluding carboxylic acids is 1. The van der Waals surface area contributed by atoms with E-state index < -0.39 is 4.92 Å². The van der Waals surface area contributed by atoms with Crippen LogP contribution in [0.5, 0.6) is 0 Å². The number of halogens is 1. The van der Waals surface area contributed by atoms with Crippen molar-refractivity contribution in [3.05, 3.63) is 63.7 Å². The summed E-state index contributed by atoms with van der Waals surface area (Å²) >= 11 is 7.25. The van der Waals surface area contributed by atoms with Crippen molar-refractivity contribution in [3.63, 3.8) is 0 Å². The number of non-ortho nitro benzene ring substituents is 1. The maximum absolute atomic E-state index is 12.1. The predicted molar refractivity (Wildman–Crippen MR) is 104 cm³/mol. The van der Waals surface area contributed by atoms with Crippen molar-refractivity contribution in [2.75, 3.05) is 11.1 Å². The van der Waals surface area contributed by atoms with E-state index in [1.54, 1.807) is 16.7 Å². The highest BCUT2D eigenvalue weighted by Gasteiger charge is 2.13. The first kappa shape index (κ1) is 18.9. The number of rotatable bonds is 6. The fourth-order valence-corrected chi connectivity index (χ4v) is 3.21. The Morgan fingerprint density at radius 1 is 1.26 bits per heavy atom. The summed E-state index contributed by atoms with van der Waals surface area (Å²) in [6.07, 6.45) is 0. The SMILES string of the molecule is Cn1c(SCC(=O)Nc2ccc([N+](=O)[O-])cc2)nnc1-c1cccc(Cl)c1. The maximum atomic E-state index is 12.1. The van der Waals surface area contributed by atoms with Crippen molar-refractivity contribution < 1.29 is 9.72 Å². The number of nitro benzene ring substituents is 1. The van der Waals surface area contributed by atoms with Gasteiger partial charge in [-0.15, -0.1) is 10.2 Å². The molecule has 0 aliphatic rings. The number of benzene rings is 2. The van der Waals surface area contributed by atoms with E-state index in [-0.39, 0.29) is 17.3 Å². The minimum atomic E-state index is -0.493. The molecule has 0 spiro atoms. The summed E-state index contributed by atoms with van der Waals surface area (Å²) in [5.74, 6) is 0.523. The van der Waals surface area contributed by atoms with Gasteiger partial charge in [-0.05, 0) is 24.3 Å². The molecule has 8 nitrogen and oxygen atoms in total. The quantitative estimate of drug-likeness (QED) is 0.381. The van der Waals surface area contributed by atoms with E-state index in [1.165, 1.54) is 36.0 Å². The fourth-order valence-electron chi connectivity index (χ4n) is 2.31. The Hall–Kier alpha value is -2.91. The van der Waals surface area contributed by atoms with E-state index >= 15 is 0 Å². The van der Waals surface area contributed by atoms with Crippen molar-refractivity contribution >= 4 is 40.6 Å². The normalized spacial score (nSPS) is 10.6. The lowest BCUT2D eigenvalue weighted by Gasteiger charge is -2.06. The third-order valence-electron chi connectivity index (χ3n) is 3.61. The van der Waals surface area contributed by atoms with Gasteiger partial charge < -0.3 is 9.88 Å². The number of amides is 1. The largest absolute Gasteiger partial charge is 0.325 e. The summed E-state index contributed by atoms with van der Waals surface area (Å²) in [5, 5.41) is 22.8. The monoisotopic (exact) mass is 403 g/mol. The molecule has 0 aliphatic heterocycles. The van der Waals surface area contributed by atoms with Crippen molar-refractivity contribution in [3.8, 4) is 11.4 Å². The number of hydrogen-bond donors (Lipinski definition) is 1. The summed E-state index contributed by atoms with van der Waals surface area (Å²) in [4.78, 5) is 22.2. The third-order valence-corrected chi connectivity index (χ3v) is 4.87. The molecule has 0 aliphatic carbocycles. The van der Waals surface area contributed by atoms with Crippen LogP contribution in [0.15, 0.2) is 53.7 Å². The molecule has 0 radical (unpaired) electrons. The van der Waals surface area contributed by atoms with E-state index in [9.17, 15) is 14.9 Å². The van der Waals surface area contributed by atoms with E-state index in [2.05, 4.69) is 15.5 Å². The summed E-state index contributed by atoms with van der Waals surface area (Å²) < 4.78 is 1.79. The number of carbonyl (C=O) groups is 1. The smallest absolute Gasteiger partial charge is 0.269 e. The molecule has 138 valence electrons. The highest BCUT2D eigenvalue weighted by Crippen LogP contribution is 2.25. The molecule has 1 amide bonds. The van der Waals surface area contributed by atoms with Gasteiger partial charge >= 0.3 is 0 Å². The lowest BCUT2D eigenvalue weighted by atomic mass is 10.2. The van der Waals surface area contributed by atoms with Crippen molar-refractivity contribution in [2.45, 2.75) is 5.16 Å². The number of anilines is 1. The lowest BCUT2D eigenvalue weighted by Crippen LogP contribution is -2.14. The number of nitrogens with zero attached hydrogens (tertiary/aromatic N) is 4. The van der Waals surface area contributed by atoms with Crippen LogP contribution in [0.2, 0.25) is 5.02 Å². The van der Waals surface area contributed by atoms with Gasteiger partial charge in [-0.3, -0.25) is 14.9 Å². The Labute approximate surface area is 163 Å². The van der Waals surface area contributed by atoms with Crippen LogP contribution in [0.3, 0.4) is 0 Å². The molecule has 0 saturated carbocycles.